The summed E-state index contributed by atoms with van der Waals surface area (Å²) in [6, 6.07) is 15.0. The zero-order valence-electron chi connectivity index (χ0n) is 15.7. The first-order valence-electron chi connectivity index (χ1n) is 9.35. The molecule has 26 heavy (non-hydrogen) atoms. The molecule has 0 aliphatic carbocycles. The van der Waals surface area contributed by atoms with Crippen molar-refractivity contribution >= 4 is 10.0 Å². The standard InChI is InChI=1S/C21H29NO3S/c1-3-5-6-7-18-10-14-21(15-11-18)26(23,24)22-17-16-19-8-12-20(13-9-19)25-4-2/h8-15,22H,3-7,16-17H2,1-2H3. The van der Waals surface area contributed by atoms with E-state index in [1.807, 2.05) is 43.3 Å². The maximum atomic E-state index is 12.4. The van der Waals surface area contributed by atoms with E-state index in [2.05, 4.69) is 11.6 Å². The number of benzene rings is 2. The summed E-state index contributed by atoms with van der Waals surface area (Å²) in [5.41, 5.74) is 2.26. The highest BCUT2D eigenvalue weighted by molar-refractivity contribution is 7.89. The number of unbranched alkanes of at least 4 members (excludes halogenated alkanes) is 2. The second-order valence-corrected chi connectivity index (χ2v) is 8.09. The van der Waals surface area contributed by atoms with Crippen LogP contribution in [0.3, 0.4) is 0 Å². The number of nitrogens with one attached hydrogen (secondary N) is 1. The van der Waals surface area contributed by atoms with Gasteiger partial charge in [0.1, 0.15) is 5.75 Å². The summed E-state index contributed by atoms with van der Waals surface area (Å²) < 4.78 is 32.9. The van der Waals surface area contributed by atoms with Crippen molar-refractivity contribution in [3.63, 3.8) is 0 Å². The van der Waals surface area contributed by atoms with Gasteiger partial charge in [0, 0.05) is 6.54 Å². The SMILES string of the molecule is CCCCCc1ccc(S(=O)(=O)NCCc2ccc(OCC)cc2)cc1. The van der Waals surface area contributed by atoms with Crippen molar-refractivity contribution in [3.05, 3.63) is 59.7 Å². The maximum Gasteiger partial charge on any atom is 0.240 e. The minimum absolute atomic E-state index is 0.323. The zero-order valence-corrected chi connectivity index (χ0v) is 16.5. The number of hydrogen-bond acceptors (Lipinski definition) is 3. The number of sulfonamides is 1. The van der Waals surface area contributed by atoms with Gasteiger partial charge < -0.3 is 4.74 Å². The molecule has 0 amide bonds. The van der Waals surface area contributed by atoms with Crippen LogP contribution in [0.25, 0.3) is 0 Å². The molecule has 4 nitrogen and oxygen atoms in total. The van der Waals surface area contributed by atoms with Crippen molar-refractivity contribution in [2.75, 3.05) is 13.2 Å². The van der Waals surface area contributed by atoms with Crippen LogP contribution in [0.1, 0.15) is 44.2 Å². The molecule has 0 unspecified atom stereocenters. The smallest absolute Gasteiger partial charge is 0.240 e. The maximum absolute atomic E-state index is 12.4. The summed E-state index contributed by atoms with van der Waals surface area (Å²) in [6.07, 6.45) is 5.17. The predicted octanol–water partition coefficient (Wildman–Crippen LogP) is 4.34. The van der Waals surface area contributed by atoms with Gasteiger partial charge in [0.05, 0.1) is 11.5 Å². The zero-order chi connectivity index (χ0) is 18.8. The van der Waals surface area contributed by atoms with Gasteiger partial charge in [-0.1, -0.05) is 44.0 Å². The molecule has 2 aromatic rings. The largest absolute Gasteiger partial charge is 0.494 e. The lowest BCUT2D eigenvalue weighted by molar-refractivity contribution is 0.340. The summed E-state index contributed by atoms with van der Waals surface area (Å²) in [4.78, 5) is 0.323. The Hall–Kier alpha value is -1.85. The van der Waals surface area contributed by atoms with Gasteiger partial charge in [-0.25, -0.2) is 13.1 Å². The third-order valence-corrected chi connectivity index (χ3v) is 5.72. The number of hydrogen-bond donors (Lipinski definition) is 1. The summed E-state index contributed by atoms with van der Waals surface area (Å²) in [5, 5.41) is 0. The Kier molecular flexibility index (Phi) is 8.13. The predicted molar refractivity (Wildman–Crippen MR) is 106 cm³/mol. The Morgan fingerprint density at radius 2 is 1.46 bits per heavy atom. The molecule has 0 radical (unpaired) electrons. The van der Waals surface area contributed by atoms with Crippen molar-refractivity contribution in [2.24, 2.45) is 0 Å². The van der Waals surface area contributed by atoms with Crippen molar-refractivity contribution in [1.29, 1.82) is 0 Å². The molecule has 5 heteroatoms. The van der Waals surface area contributed by atoms with Crippen LogP contribution in [-0.4, -0.2) is 21.6 Å². The molecule has 1 N–H and O–H groups in total. The molecule has 0 bridgehead atoms. The second-order valence-electron chi connectivity index (χ2n) is 6.33. The number of aryl methyl sites for hydroxylation is 1. The highest BCUT2D eigenvalue weighted by Crippen LogP contribution is 2.14. The third kappa shape index (κ3) is 6.46. The molecule has 0 heterocycles. The average Bonchev–Trinajstić information content (AvgIpc) is 2.64. The van der Waals surface area contributed by atoms with Crippen LogP contribution < -0.4 is 9.46 Å². The number of ether oxygens (including phenoxy) is 1. The van der Waals surface area contributed by atoms with Crippen LogP contribution in [0.15, 0.2) is 53.4 Å². The van der Waals surface area contributed by atoms with E-state index in [4.69, 9.17) is 4.74 Å². The molecule has 0 saturated heterocycles. The Morgan fingerprint density at radius 3 is 2.08 bits per heavy atom. The molecule has 0 aliphatic rings. The lowest BCUT2D eigenvalue weighted by atomic mass is 10.1. The van der Waals surface area contributed by atoms with Gasteiger partial charge in [0.15, 0.2) is 0 Å². The van der Waals surface area contributed by atoms with Crippen LogP contribution in [0.2, 0.25) is 0 Å². The fourth-order valence-corrected chi connectivity index (χ4v) is 3.78. The van der Waals surface area contributed by atoms with Crippen molar-refractivity contribution in [2.45, 2.75) is 50.8 Å². The van der Waals surface area contributed by atoms with Crippen LogP contribution in [0.4, 0.5) is 0 Å². The third-order valence-electron chi connectivity index (χ3n) is 4.24. The Bertz CT molecular complexity index is 753. The summed E-state index contributed by atoms with van der Waals surface area (Å²) in [6.45, 7) is 5.13. The minimum atomic E-state index is -3.46. The summed E-state index contributed by atoms with van der Waals surface area (Å²) >= 11 is 0. The fourth-order valence-electron chi connectivity index (χ4n) is 2.75. The van der Waals surface area contributed by atoms with Crippen molar-refractivity contribution in [3.8, 4) is 5.75 Å². The van der Waals surface area contributed by atoms with E-state index in [9.17, 15) is 8.42 Å². The molecule has 0 atom stereocenters. The van der Waals surface area contributed by atoms with E-state index >= 15 is 0 Å². The first kappa shape index (κ1) is 20.5. The van der Waals surface area contributed by atoms with E-state index in [0.29, 0.717) is 24.5 Å². The lowest BCUT2D eigenvalue weighted by Gasteiger charge is -2.09. The molecule has 2 rings (SSSR count). The van der Waals surface area contributed by atoms with Gasteiger partial charge in [0.25, 0.3) is 0 Å². The van der Waals surface area contributed by atoms with E-state index in [-0.39, 0.29) is 0 Å². The van der Waals surface area contributed by atoms with Gasteiger partial charge >= 0.3 is 0 Å². The highest BCUT2D eigenvalue weighted by atomic mass is 32.2. The van der Waals surface area contributed by atoms with Crippen LogP contribution in [0.5, 0.6) is 5.75 Å². The summed E-state index contributed by atoms with van der Waals surface area (Å²) in [5.74, 6) is 0.829. The minimum Gasteiger partial charge on any atom is -0.494 e. The lowest BCUT2D eigenvalue weighted by Crippen LogP contribution is -2.26. The van der Waals surface area contributed by atoms with Crippen molar-refractivity contribution < 1.29 is 13.2 Å². The Labute approximate surface area is 157 Å². The van der Waals surface area contributed by atoms with E-state index < -0.39 is 10.0 Å². The quantitative estimate of drug-likeness (QED) is 0.595. The van der Waals surface area contributed by atoms with Crippen LogP contribution in [-0.2, 0) is 22.9 Å². The topological polar surface area (TPSA) is 55.4 Å². The van der Waals surface area contributed by atoms with Gasteiger partial charge in [-0.15, -0.1) is 0 Å². The van der Waals surface area contributed by atoms with E-state index in [1.165, 1.54) is 18.4 Å². The fraction of sp³-hybridized carbons (Fsp3) is 0.429. The normalized spacial score (nSPS) is 11.5. The molecule has 0 saturated carbocycles. The molecular formula is C21H29NO3S. The first-order valence-corrected chi connectivity index (χ1v) is 10.8. The average molecular weight is 376 g/mol. The highest BCUT2D eigenvalue weighted by Gasteiger charge is 2.13. The Balaban J connectivity index is 1.85. The van der Waals surface area contributed by atoms with Crippen LogP contribution in [0, 0.1) is 0 Å². The molecule has 142 valence electrons. The van der Waals surface area contributed by atoms with E-state index in [1.54, 1.807) is 12.1 Å². The molecular weight excluding hydrogens is 346 g/mol. The van der Waals surface area contributed by atoms with Gasteiger partial charge in [-0.2, -0.15) is 0 Å². The van der Waals surface area contributed by atoms with Gasteiger partial charge in [0.2, 0.25) is 10.0 Å². The molecule has 2 aromatic carbocycles. The molecule has 0 aliphatic heterocycles. The monoisotopic (exact) mass is 375 g/mol. The first-order chi connectivity index (χ1) is 12.5. The second kappa shape index (κ2) is 10.3. The van der Waals surface area contributed by atoms with Gasteiger partial charge in [-0.05, 0) is 61.6 Å². The molecule has 0 fully saturated rings. The number of rotatable bonds is 11. The van der Waals surface area contributed by atoms with Crippen molar-refractivity contribution in [1.82, 2.24) is 4.72 Å². The Morgan fingerprint density at radius 1 is 0.846 bits per heavy atom. The van der Waals surface area contributed by atoms with E-state index in [0.717, 1.165) is 24.2 Å². The summed E-state index contributed by atoms with van der Waals surface area (Å²) in [7, 11) is -3.46. The molecule has 0 aromatic heterocycles. The van der Waals surface area contributed by atoms with Gasteiger partial charge in [-0.3, -0.25) is 0 Å². The van der Waals surface area contributed by atoms with Crippen LogP contribution >= 0.6 is 0 Å². The molecule has 0 spiro atoms.